The van der Waals surface area contributed by atoms with Crippen LogP contribution in [0.4, 0.5) is 0 Å². The number of benzene rings is 1. The van der Waals surface area contributed by atoms with Gasteiger partial charge in [-0.2, -0.15) is 0 Å². The largest absolute Gasteiger partial charge is 0.484 e. The molecular weight excluding hydrogens is 316 g/mol. The molecule has 1 aromatic rings. The van der Waals surface area contributed by atoms with Gasteiger partial charge >= 0.3 is 0 Å². The summed E-state index contributed by atoms with van der Waals surface area (Å²) in [7, 11) is 0. The van der Waals surface area contributed by atoms with E-state index in [4.69, 9.17) is 4.74 Å². The molecule has 5 nitrogen and oxygen atoms in total. The number of rotatable bonds is 7. The van der Waals surface area contributed by atoms with E-state index < -0.39 is 0 Å². The fraction of sp³-hybridized carbons (Fsp3) is 0.600. The van der Waals surface area contributed by atoms with Crippen molar-refractivity contribution in [2.45, 2.75) is 58.9 Å². The first-order chi connectivity index (χ1) is 12.0. The number of unbranched alkanes of at least 4 members (excludes halogenated alkanes) is 1. The average Bonchev–Trinajstić information content (AvgIpc) is 2.61. The molecule has 0 unspecified atom stereocenters. The second-order valence-corrected chi connectivity index (χ2v) is 6.86. The van der Waals surface area contributed by atoms with E-state index in [1.54, 1.807) is 0 Å². The predicted octanol–water partition coefficient (Wildman–Crippen LogP) is 2.98. The number of hydrogen-bond acceptors (Lipinski definition) is 3. The molecular formula is C20H30N2O3. The van der Waals surface area contributed by atoms with Crippen LogP contribution in [-0.4, -0.2) is 42.5 Å². The molecule has 0 aliphatic carbocycles. The molecule has 0 saturated carbocycles. The number of aryl methyl sites for hydroxylation is 2. The van der Waals surface area contributed by atoms with Crippen LogP contribution in [0.1, 0.15) is 50.2 Å². The molecule has 1 fully saturated rings. The molecule has 2 amide bonds. The van der Waals surface area contributed by atoms with Crippen molar-refractivity contribution in [2.24, 2.45) is 0 Å². The number of amides is 2. The van der Waals surface area contributed by atoms with Gasteiger partial charge in [0, 0.05) is 25.6 Å². The molecule has 1 aliphatic heterocycles. The Morgan fingerprint density at radius 2 is 1.92 bits per heavy atom. The summed E-state index contributed by atoms with van der Waals surface area (Å²) in [6.07, 6.45) is 4.18. The van der Waals surface area contributed by atoms with Gasteiger partial charge in [-0.25, -0.2) is 0 Å². The van der Waals surface area contributed by atoms with E-state index in [9.17, 15) is 9.59 Å². The van der Waals surface area contributed by atoms with Crippen molar-refractivity contribution in [3.63, 3.8) is 0 Å². The van der Waals surface area contributed by atoms with Crippen molar-refractivity contribution in [2.75, 3.05) is 19.7 Å². The second kappa shape index (κ2) is 9.44. The van der Waals surface area contributed by atoms with E-state index in [2.05, 4.69) is 19.2 Å². The first-order valence-corrected chi connectivity index (χ1v) is 9.26. The zero-order valence-electron chi connectivity index (χ0n) is 15.6. The fourth-order valence-corrected chi connectivity index (χ4v) is 2.95. The Kier molecular flexibility index (Phi) is 7.29. The summed E-state index contributed by atoms with van der Waals surface area (Å²) < 4.78 is 5.63. The molecule has 0 bridgehead atoms. The normalized spacial score (nSPS) is 15.1. The number of carbonyl (C=O) groups excluding carboxylic acids is 2. The molecule has 1 aromatic carbocycles. The van der Waals surface area contributed by atoms with Gasteiger partial charge in [0.1, 0.15) is 5.75 Å². The Morgan fingerprint density at radius 3 is 2.56 bits per heavy atom. The quantitative estimate of drug-likeness (QED) is 0.826. The van der Waals surface area contributed by atoms with Crippen molar-refractivity contribution >= 4 is 11.8 Å². The molecule has 2 rings (SSSR count). The maximum Gasteiger partial charge on any atom is 0.260 e. The summed E-state index contributed by atoms with van der Waals surface area (Å²) in [5, 5.41) is 3.07. The van der Waals surface area contributed by atoms with Crippen LogP contribution in [-0.2, 0) is 9.59 Å². The summed E-state index contributed by atoms with van der Waals surface area (Å²) in [6, 6.07) is 6.05. The molecule has 0 spiro atoms. The van der Waals surface area contributed by atoms with Gasteiger partial charge in [0.05, 0.1) is 0 Å². The summed E-state index contributed by atoms with van der Waals surface area (Å²) in [6.45, 7) is 7.58. The smallest absolute Gasteiger partial charge is 0.260 e. The topological polar surface area (TPSA) is 58.6 Å². The predicted molar refractivity (Wildman–Crippen MR) is 98.7 cm³/mol. The summed E-state index contributed by atoms with van der Waals surface area (Å²) >= 11 is 0. The minimum atomic E-state index is 0.00832. The van der Waals surface area contributed by atoms with E-state index in [1.807, 2.05) is 30.0 Å². The van der Waals surface area contributed by atoms with Crippen molar-refractivity contribution in [1.29, 1.82) is 0 Å². The van der Waals surface area contributed by atoms with E-state index in [-0.39, 0.29) is 24.5 Å². The highest BCUT2D eigenvalue weighted by atomic mass is 16.5. The first-order valence-electron chi connectivity index (χ1n) is 9.26. The van der Waals surface area contributed by atoms with Crippen LogP contribution >= 0.6 is 0 Å². The van der Waals surface area contributed by atoms with Gasteiger partial charge in [-0.1, -0.05) is 19.4 Å². The molecule has 5 heteroatoms. The lowest BCUT2D eigenvalue weighted by Gasteiger charge is -2.32. The van der Waals surface area contributed by atoms with E-state index in [0.29, 0.717) is 19.5 Å². The molecule has 0 aromatic heterocycles. The lowest BCUT2D eigenvalue weighted by molar-refractivity contribution is -0.134. The minimum Gasteiger partial charge on any atom is -0.484 e. The van der Waals surface area contributed by atoms with Crippen molar-refractivity contribution < 1.29 is 14.3 Å². The molecule has 1 heterocycles. The van der Waals surface area contributed by atoms with Crippen molar-refractivity contribution in [3.05, 3.63) is 29.3 Å². The summed E-state index contributed by atoms with van der Waals surface area (Å²) in [4.78, 5) is 25.9. The maximum atomic E-state index is 12.3. The van der Waals surface area contributed by atoms with Crippen LogP contribution in [0.5, 0.6) is 5.75 Å². The minimum absolute atomic E-state index is 0.00832. The third kappa shape index (κ3) is 6.07. The van der Waals surface area contributed by atoms with Gasteiger partial charge in [0.25, 0.3) is 5.91 Å². The van der Waals surface area contributed by atoms with E-state index >= 15 is 0 Å². The number of carbonyl (C=O) groups is 2. The van der Waals surface area contributed by atoms with Gasteiger partial charge in [0.15, 0.2) is 6.61 Å². The van der Waals surface area contributed by atoms with Gasteiger partial charge in [-0.05, 0) is 56.4 Å². The molecule has 0 atom stereocenters. The summed E-state index contributed by atoms with van der Waals surface area (Å²) in [5.41, 5.74) is 2.37. The Hall–Kier alpha value is -2.04. The van der Waals surface area contributed by atoms with Gasteiger partial charge in [0.2, 0.25) is 5.91 Å². The lowest BCUT2D eigenvalue weighted by atomic mass is 10.0. The number of piperidine rings is 1. The molecule has 25 heavy (non-hydrogen) atoms. The highest BCUT2D eigenvalue weighted by Crippen LogP contribution is 2.17. The Labute approximate surface area is 150 Å². The van der Waals surface area contributed by atoms with Gasteiger partial charge in [-0.15, -0.1) is 0 Å². The van der Waals surface area contributed by atoms with Crippen LogP contribution in [0.2, 0.25) is 0 Å². The third-order valence-corrected chi connectivity index (χ3v) is 4.81. The molecule has 138 valence electrons. The standard InChI is InChI=1S/C20H30N2O3/c1-4-5-6-19(23)21-17-9-11-22(12-10-17)20(24)14-25-18-8-7-15(2)16(3)13-18/h7-8,13,17H,4-6,9-12,14H2,1-3H3,(H,21,23). The van der Waals surface area contributed by atoms with Crippen LogP contribution in [0.15, 0.2) is 18.2 Å². The van der Waals surface area contributed by atoms with Crippen LogP contribution in [0.25, 0.3) is 0 Å². The zero-order valence-corrected chi connectivity index (χ0v) is 15.6. The van der Waals surface area contributed by atoms with Gasteiger partial charge < -0.3 is 15.0 Å². The number of nitrogens with one attached hydrogen (secondary N) is 1. The zero-order chi connectivity index (χ0) is 18.2. The van der Waals surface area contributed by atoms with Crippen LogP contribution in [0.3, 0.4) is 0 Å². The highest BCUT2D eigenvalue weighted by Gasteiger charge is 2.23. The van der Waals surface area contributed by atoms with E-state index in [0.717, 1.165) is 37.0 Å². The van der Waals surface area contributed by atoms with Crippen molar-refractivity contribution in [1.82, 2.24) is 10.2 Å². The lowest BCUT2D eigenvalue weighted by Crippen LogP contribution is -2.47. The highest BCUT2D eigenvalue weighted by molar-refractivity contribution is 5.78. The van der Waals surface area contributed by atoms with Crippen LogP contribution < -0.4 is 10.1 Å². The van der Waals surface area contributed by atoms with E-state index in [1.165, 1.54) is 5.56 Å². The number of nitrogens with zero attached hydrogens (tertiary/aromatic N) is 1. The van der Waals surface area contributed by atoms with Crippen molar-refractivity contribution in [3.8, 4) is 5.75 Å². The second-order valence-electron chi connectivity index (χ2n) is 6.86. The van der Waals surface area contributed by atoms with Crippen LogP contribution in [0, 0.1) is 13.8 Å². The summed E-state index contributed by atoms with van der Waals surface area (Å²) in [5.74, 6) is 0.869. The third-order valence-electron chi connectivity index (χ3n) is 4.81. The molecule has 1 aliphatic rings. The fourth-order valence-electron chi connectivity index (χ4n) is 2.95. The average molecular weight is 346 g/mol. The first kappa shape index (κ1) is 19.3. The Morgan fingerprint density at radius 1 is 1.20 bits per heavy atom. The molecule has 1 saturated heterocycles. The molecule has 1 N–H and O–H groups in total. The maximum absolute atomic E-state index is 12.3. The monoisotopic (exact) mass is 346 g/mol. The number of hydrogen-bond donors (Lipinski definition) is 1. The molecule has 0 radical (unpaired) electrons. The number of ether oxygens (including phenoxy) is 1. The van der Waals surface area contributed by atoms with Gasteiger partial charge in [-0.3, -0.25) is 9.59 Å². The Balaban J connectivity index is 1.71. The number of likely N-dealkylation sites (tertiary alicyclic amines) is 1. The SMILES string of the molecule is CCCCC(=O)NC1CCN(C(=O)COc2ccc(C)c(C)c2)CC1. The Bertz CT molecular complexity index is 593.